The van der Waals surface area contributed by atoms with E-state index < -0.39 is 0 Å². The van der Waals surface area contributed by atoms with Gasteiger partial charge >= 0.3 is 0 Å². The zero-order valence-corrected chi connectivity index (χ0v) is 13.4. The predicted octanol–water partition coefficient (Wildman–Crippen LogP) is 2.11. The third-order valence-corrected chi connectivity index (χ3v) is 3.83. The van der Waals surface area contributed by atoms with Crippen molar-refractivity contribution >= 4 is 23.5 Å². The molecule has 0 bridgehead atoms. The minimum absolute atomic E-state index is 0.0755. The molecule has 1 aliphatic rings. The van der Waals surface area contributed by atoms with E-state index >= 15 is 0 Å². The smallest absolute Gasteiger partial charge is 0.231 e. The first kappa shape index (κ1) is 16.2. The first-order chi connectivity index (χ1) is 10.2. The van der Waals surface area contributed by atoms with Crippen LogP contribution in [-0.4, -0.2) is 52.8 Å². The van der Waals surface area contributed by atoms with Crippen molar-refractivity contribution in [3.05, 3.63) is 5.28 Å². The number of hydrogen-bond acceptors (Lipinski definition) is 6. The summed E-state index contributed by atoms with van der Waals surface area (Å²) in [5.41, 5.74) is 0. The third-order valence-electron chi connectivity index (χ3n) is 3.66. The van der Waals surface area contributed by atoms with Crippen LogP contribution >= 0.6 is 11.6 Å². The molecule has 0 aromatic carbocycles. The third kappa shape index (κ3) is 4.68. The lowest BCUT2D eigenvalue weighted by molar-refractivity contribution is 0.301. The van der Waals surface area contributed by atoms with Crippen molar-refractivity contribution in [1.29, 1.82) is 0 Å². The van der Waals surface area contributed by atoms with Gasteiger partial charge in [-0.2, -0.15) is 15.0 Å². The fourth-order valence-corrected chi connectivity index (χ4v) is 2.64. The largest absolute Gasteiger partial charge is 0.395 e. The summed E-state index contributed by atoms with van der Waals surface area (Å²) in [4.78, 5) is 17.2. The van der Waals surface area contributed by atoms with Gasteiger partial charge in [0.1, 0.15) is 0 Å². The highest BCUT2D eigenvalue weighted by molar-refractivity contribution is 6.28. The molecule has 0 amide bonds. The molecule has 0 unspecified atom stereocenters. The Morgan fingerprint density at radius 3 is 2.57 bits per heavy atom. The molecule has 0 radical (unpaired) electrons. The van der Waals surface area contributed by atoms with Gasteiger partial charge in [-0.05, 0) is 37.3 Å². The number of rotatable bonds is 7. The number of aliphatic hydroxyl groups excluding tert-OH is 1. The lowest BCUT2D eigenvalue weighted by Crippen LogP contribution is -2.33. The maximum atomic E-state index is 9.23. The number of aromatic nitrogens is 3. The van der Waals surface area contributed by atoms with Crippen LogP contribution in [0.25, 0.3) is 0 Å². The molecule has 1 fully saturated rings. The number of halogens is 1. The molecule has 118 valence electrons. The van der Waals surface area contributed by atoms with Crippen molar-refractivity contribution in [2.24, 2.45) is 0 Å². The average molecular weight is 314 g/mol. The highest BCUT2D eigenvalue weighted by Gasteiger charge is 2.18. The van der Waals surface area contributed by atoms with Gasteiger partial charge in [0.05, 0.1) is 6.61 Å². The molecule has 7 heteroatoms. The fraction of sp³-hybridized carbons (Fsp3) is 0.786. The Balaban J connectivity index is 2.18. The number of unbranched alkanes of at least 4 members (excludes halogenated alkanes) is 1. The van der Waals surface area contributed by atoms with Crippen LogP contribution in [0.2, 0.25) is 5.28 Å². The molecule has 0 aliphatic carbocycles. The highest BCUT2D eigenvalue weighted by atomic mass is 35.5. The van der Waals surface area contributed by atoms with Gasteiger partial charge in [0.25, 0.3) is 0 Å². The van der Waals surface area contributed by atoms with Crippen LogP contribution in [0.3, 0.4) is 0 Å². The van der Waals surface area contributed by atoms with Gasteiger partial charge in [-0.3, -0.25) is 0 Å². The van der Waals surface area contributed by atoms with Crippen LogP contribution < -0.4 is 9.80 Å². The average Bonchev–Trinajstić information content (AvgIpc) is 2.51. The molecular weight excluding hydrogens is 290 g/mol. The van der Waals surface area contributed by atoms with E-state index in [1.165, 1.54) is 6.42 Å². The summed E-state index contributed by atoms with van der Waals surface area (Å²) >= 11 is 6.07. The Hall–Kier alpha value is -1.14. The lowest BCUT2D eigenvalue weighted by Gasteiger charge is -2.28. The number of hydrogen-bond donors (Lipinski definition) is 1. The quantitative estimate of drug-likeness (QED) is 0.831. The van der Waals surface area contributed by atoms with Gasteiger partial charge in [0.15, 0.2) is 0 Å². The number of piperidine rings is 1. The van der Waals surface area contributed by atoms with E-state index in [9.17, 15) is 5.11 Å². The van der Waals surface area contributed by atoms with E-state index in [0.29, 0.717) is 18.4 Å². The molecule has 1 aromatic heterocycles. The summed E-state index contributed by atoms with van der Waals surface area (Å²) in [6.07, 6.45) is 5.70. The summed E-state index contributed by atoms with van der Waals surface area (Å²) < 4.78 is 0. The van der Waals surface area contributed by atoms with Gasteiger partial charge < -0.3 is 14.9 Å². The minimum atomic E-state index is 0.0755. The van der Waals surface area contributed by atoms with Gasteiger partial charge in [-0.15, -0.1) is 0 Å². The SMILES string of the molecule is CCCCN(CCO)c1nc(Cl)nc(N2CCCCC2)n1. The molecule has 0 saturated carbocycles. The summed E-state index contributed by atoms with van der Waals surface area (Å²) in [5.74, 6) is 1.22. The van der Waals surface area contributed by atoms with Gasteiger partial charge in [0, 0.05) is 26.2 Å². The maximum absolute atomic E-state index is 9.23. The molecule has 0 atom stereocenters. The molecule has 1 aromatic rings. The molecule has 0 spiro atoms. The second-order valence-corrected chi connectivity index (χ2v) is 5.65. The Morgan fingerprint density at radius 2 is 1.90 bits per heavy atom. The van der Waals surface area contributed by atoms with Gasteiger partial charge in [-0.25, -0.2) is 0 Å². The zero-order chi connectivity index (χ0) is 15.1. The summed E-state index contributed by atoms with van der Waals surface area (Å²) in [6.45, 7) is 5.48. The number of anilines is 2. The molecule has 1 N–H and O–H groups in total. The van der Waals surface area contributed by atoms with Crippen LogP contribution in [0.4, 0.5) is 11.9 Å². The van der Waals surface area contributed by atoms with E-state index in [1.807, 2.05) is 4.90 Å². The second-order valence-electron chi connectivity index (χ2n) is 5.32. The van der Waals surface area contributed by atoms with Gasteiger partial charge in [0.2, 0.25) is 17.2 Å². The minimum Gasteiger partial charge on any atom is -0.395 e. The van der Waals surface area contributed by atoms with E-state index in [0.717, 1.165) is 45.3 Å². The molecule has 6 nitrogen and oxygen atoms in total. The Bertz CT molecular complexity index is 439. The number of nitrogens with zero attached hydrogens (tertiary/aromatic N) is 5. The van der Waals surface area contributed by atoms with Crippen LogP contribution in [0.1, 0.15) is 39.0 Å². The first-order valence-electron chi connectivity index (χ1n) is 7.77. The normalized spacial score (nSPS) is 15.3. The second kappa shape index (κ2) is 8.34. The molecular formula is C14H24ClN5O. The standard InChI is InChI=1S/C14H24ClN5O/c1-2-3-7-20(10-11-21)14-17-12(15)16-13(18-14)19-8-5-4-6-9-19/h21H,2-11H2,1H3. The summed E-state index contributed by atoms with van der Waals surface area (Å²) in [7, 11) is 0. The molecule has 1 aliphatic heterocycles. The topological polar surface area (TPSA) is 65.4 Å². The van der Waals surface area contributed by atoms with Crippen molar-refractivity contribution in [2.75, 3.05) is 42.6 Å². The van der Waals surface area contributed by atoms with Crippen LogP contribution in [-0.2, 0) is 0 Å². The Labute approximate surface area is 131 Å². The summed E-state index contributed by atoms with van der Waals surface area (Å²) in [5, 5.41) is 9.45. The maximum Gasteiger partial charge on any atom is 0.231 e. The van der Waals surface area contributed by atoms with Crippen LogP contribution in [0, 0.1) is 0 Å². The summed E-state index contributed by atoms with van der Waals surface area (Å²) in [6, 6.07) is 0. The Morgan fingerprint density at radius 1 is 1.14 bits per heavy atom. The lowest BCUT2D eigenvalue weighted by atomic mass is 10.1. The predicted molar refractivity (Wildman–Crippen MR) is 85.1 cm³/mol. The van der Waals surface area contributed by atoms with Crippen molar-refractivity contribution in [2.45, 2.75) is 39.0 Å². The van der Waals surface area contributed by atoms with E-state index in [1.54, 1.807) is 0 Å². The van der Waals surface area contributed by atoms with E-state index in [-0.39, 0.29) is 11.9 Å². The first-order valence-corrected chi connectivity index (χ1v) is 8.14. The van der Waals surface area contributed by atoms with Crippen molar-refractivity contribution in [3.63, 3.8) is 0 Å². The Kier molecular flexibility index (Phi) is 6.45. The van der Waals surface area contributed by atoms with Crippen molar-refractivity contribution in [1.82, 2.24) is 15.0 Å². The molecule has 21 heavy (non-hydrogen) atoms. The van der Waals surface area contributed by atoms with Crippen LogP contribution in [0.5, 0.6) is 0 Å². The molecule has 2 heterocycles. The number of aliphatic hydroxyl groups is 1. The molecule has 1 saturated heterocycles. The van der Waals surface area contributed by atoms with E-state index in [2.05, 4.69) is 26.8 Å². The monoisotopic (exact) mass is 313 g/mol. The van der Waals surface area contributed by atoms with E-state index in [4.69, 9.17) is 11.6 Å². The van der Waals surface area contributed by atoms with Crippen LogP contribution in [0.15, 0.2) is 0 Å². The zero-order valence-electron chi connectivity index (χ0n) is 12.6. The molecule has 2 rings (SSSR count). The fourth-order valence-electron chi connectivity index (χ4n) is 2.49. The van der Waals surface area contributed by atoms with Crippen molar-refractivity contribution < 1.29 is 5.11 Å². The van der Waals surface area contributed by atoms with Crippen molar-refractivity contribution in [3.8, 4) is 0 Å². The highest BCUT2D eigenvalue weighted by Crippen LogP contribution is 2.20. The van der Waals surface area contributed by atoms with Gasteiger partial charge in [-0.1, -0.05) is 13.3 Å².